The number of carbonyl (C=O) groups excluding carboxylic acids is 2. The summed E-state index contributed by atoms with van der Waals surface area (Å²) in [6.07, 6.45) is 1.54. The normalized spacial score (nSPS) is 12.7. The Labute approximate surface area is 131 Å². The van der Waals surface area contributed by atoms with Gasteiger partial charge in [0.05, 0.1) is 23.9 Å². The number of pyridine rings is 1. The van der Waals surface area contributed by atoms with Gasteiger partial charge in [-0.1, -0.05) is 12.7 Å². The van der Waals surface area contributed by atoms with Gasteiger partial charge in [0.15, 0.2) is 0 Å². The Bertz CT molecular complexity index is 928. The van der Waals surface area contributed by atoms with Crippen LogP contribution >= 0.6 is 0 Å². The third-order valence-corrected chi connectivity index (χ3v) is 3.65. The molecule has 1 aliphatic rings. The first-order valence-electron chi connectivity index (χ1n) is 6.70. The third-order valence-electron chi connectivity index (χ3n) is 3.65. The number of ether oxygens (including phenoxy) is 1. The number of anilines is 1. The number of benzene rings is 1. The summed E-state index contributed by atoms with van der Waals surface area (Å²) >= 11 is 0. The molecule has 2 aromatic rings. The molecule has 1 aliphatic heterocycles. The molecule has 3 rings (SSSR count). The minimum Gasteiger partial charge on any atom is -0.497 e. The molecular weight excluding hydrogens is 298 g/mol. The van der Waals surface area contributed by atoms with Crippen LogP contribution in [0.25, 0.3) is 11.8 Å². The van der Waals surface area contributed by atoms with Crippen LogP contribution in [-0.2, 0) is 0 Å². The molecule has 0 spiro atoms. The molecule has 0 saturated heterocycles. The summed E-state index contributed by atoms with van der Waals surface area (Å²) in [5, 5.41) is 2.13. The zero-order valence-electron chi connectivity index (χ0n) is 12.3. The average molecular weight is 311 g/mol. The molecule has 0 atom stereocenters. The summed E-state index contributed by atoms with van der Waals surface area (Å²) in [5.74, 6) is -0.752. The van der Waals surface area contributed by atoms with E-state index in [2.05, 4.69) is 11.9 Å². The Hall–Kier alpha value is -3.35. The topological polar surface area (TPSA) is 103 Å². The number of amides is 2. The van der Waals surface area contributed by atoms with Gasteiger partial charge in [-0.05, 0) is 18.2 Å². The van der Waals surface area contributed by atoms with Crippen molar-refractivity contribution in [2.24, 2.45) is 0 Å². The predicted octanol–water partition coefficient (Wildman–Crippen LogP) is 0.955. The van der Waals surface area contributed by atoms with Gasteiger partial charge >= 0.3 is 0 Å². The van der Waals surface area contributed by atoms with Gasteiger partial charge in [0.1, 0.15) is 11.6 Å². The maximum atomic E-state index is 12.4. The first-order valence-corrected chi connectivity index (χ1v) is 6.70. The van der Waals surface area contributed by atoms with E-state index in [0.717, 1.165) is 6.07 Å². The van der Waals surface area contributed by atoms with Crippen LogP contribution < -0.4 is 21.3 Å². The number of rotatable bonds is 3. The summed E-state index contributed by atoms with van der Waals surface area (Å²) in [7, 11) is 1.52. The van der Waals surface area contributed by atoms with Gasteiger partial charge in [-0.2, -0.15) is 0 Å². The third kappa shape index (κ3) is 2.10. The number of nitrogens with one attached hydrogen (secondary N) is 1. The molecule has 0 radical (unpaired) electrons. The highest BCUT2D eigenvalue weighted by Crippen LogP contribution is 2.26. The predicted molar refractivity (Wildman–Crippen MR) is 84.9 cm³/mol. The SMILES string of the molecule is C=Cc1cc(OC)ccc1-n1c(N)c2c(cc1=O)C(=O)NC2=O. The van der Waals surface area contributed by atoms with E-state index >= 15 is 0 Å². The van der Waals surface area contributed by atoms with E-state index in [9.17, 15) is 14.4 Å². The minimum atomic E-state index is -0.625. The van der Waals surface area contributed by atoms with E-state index < -0.39 is 17.4 Å². The second-order valence-corrected chi connectivity index (χ2v) is 4.90. The number of nitrogens with zero attached hydrogens (tertiary/aromatic N) is 1. The van der Waals surface area contributed by atoms with Gasteiger partial charge in [-0.3, -0.25) is 24.3 Å². The maximum Gasteiger partial charge on any atom is 0.262 e. The van der Waals surface area contributed by atoms with Crippen LogP contribution in [0.15, 0.2) is 35.6 Å². The van der Waals surface area contributed by atoms with Crippen molar-refractivity contribution in [3.63, 3.8) is 0 Å². The zero-order chi connectivity index (χ0) is 16.7. The summed E-state index contributed by atoms with van der Waals surface area (Å²) < 4.78 is 6.31. The van der Waals surface area contributed by atoms with Crippen LogP contribution in [0.5, 0.6) is 5.75 Å². The molecule has 0 unspecified atom stereocenters. The molecule has 23 heavy (non-hydrogen) atoms. The number of hydrogen-bond acceptors (Lipinski definition) is 5. The smallest absolute Gasteiger partial charge is 0.262 e. The van der Waals surface area contributed by atoms with Crippen LogP contribution in [0.3, 0.4) is 0 Å². The number of nitrogen functional groups attached to an aromatic ring is 1. The lowest BCUT2D eigenvalue weighted by Gasteiger charge is -2.15. The molecule has 2 amide bonds. The highest BCUT2D eigenvalue weighted by Gasteiger charge is 2.32. The highest BCUT2D eigenvalue weighted by atomic mass is 16.5. The van der Waals surface area contributed by atoms with Crippen LogP contribution in [0.4, 0.5) is 5.82 Å². The number of methoxy groups -OCH3 is 1. The Kier molecular flexibility index (Phi) is 3.25. The van der Waals surface area contributed by atoms with Crippen LogP contribution in [-0.4, -0.2) is 23.5 Å². The Morgan fingerprint density at radius 3 is 2.61 bits per heavy atom. The fourth-order valence-electron chi connectivity index (χ4n) is 2.55. The van der Waals surface area contributed by atoms with Gasteiger partial charge in [0, 0.05) is 11.6 Å². The van der Waals surface area contributed by atoms with Crippen molar-refractivity contribution < 1.29 is 14.3 Å². The quantitative estimate of drug-likeness (QED) is 0.822. The highest BCUT2D eigenvalue weighted by molar-refractivity contribution is 6.23. The van der Waals surface area contributed by atoms with Crippen molar-refractivity contribution in [3.8, 4) is 11.4 Å². The molecule has 7 heteroatoms. The largest absolute Gasteiger partial charge is 0.497 e. The van der Waals surface area contributed by atoms with Gasteiger partial charge in [0.25, 0.3) is 17.4 Å². The number of hydrogen-bond donors (Lipinski definition) is 2. The second-order valence-electron chi connectivity index (χ2n) is 4.90. The van der Waals surface area contributed by atoms with Crippen LogP contribution in [0.1, 0.15) is 26.3 Å². The molecule has 7 nitrogen and oxygen atoms in total. The summed E-state index contributed by atoms with van der Waals surface area (Å²) in [4.78, 5) is 35.9. The molecule has 0 aliphatic carbocycles. The molecular formula is C16H13N3O4. The average Bonchev–Trinajstić information content (AvgIpc) is 2.81. The lowest BCUT2D eigenvalue weighted by molar-refractivity contribution is 0.0880. The molecule has 3 N–H and O–H groups in total. The summed E-state index contributed by atoms with van der Waals surface area (Å²) in [5.41, 5.74) is 6.52. The van der Waals surface area contributed by atoms with Crippen molar-refractivity contribution >= 4 is 23.7 Å². The van der Waals surface area contributed by atoms with Crippen molar-refractivity contribution in [2.75, 3.05) is 12.8 Å². The van der Waals surface area contributed by atoms with E-state index in [1.807, 2.05) is 0 Å². The Morgan fingerprint density at radius 1 is 1.22 bits per heavy atom. The Balaban J connectivity index is 2.33. The van der Waals surface area contributed by atoms with Gasteiger partial charge in [0.2, 0.25) is 0 Å². The number of nitrogens with two attached hydrogens (primary N) is 1. The molecule has 0 bridgehead atoms. The monoisotopic (exact) mass is 311 g/mol. The van der Waals surface area contributed by atoms with Crippen molar-refractivity contribution in [1.82, 2.24) is 9.88 Å². The van der Waals surface area contributed by atoms with E-state index in [4.69, 9.17) is 10.5 Å². The molecule has 1 aromatic carbocycles. The van der Waals surface area contributed by atoms with E-state index in [1.165, 1.54) is 11.7 Å². The zero-order valence-corrected chi connectivity index (χ0v) is 12.3. The fraction of sp³-hybridized carbons (Fsp3) is 0.0625. The van der Waals surface area contributed by atoms with Gasteiger partial charge in [-0.15, -0.1) is 0 Å². The van der Waals surface area contributed by atoms with Crippen molar-refractivity contribution in [3.05, 3.63) is 57.9 Å². The maximum absolute atomic E-state index is 12.4. The van der Waals surface area contributed by atoms with E-state index in [1.54, 1.807) is 24.3 Å². The second kappa shape index (κ2) is 5.13. The molecule has 0 saturated carbocycles. The minimum absolute atomic E-state index is 0.000398. The number of fused-ring (bicyclic) bond motifs is 1. The first kappa shape index (κ1) is 14.6. The van der Waals surface area contributed by atoms with Crippen molar-refractivity contribution in [2.45, 2.75) is 0 Å². The molecule has 0 fully saturated rings. The van der Waals surface area contributed by atoms with E-state index in [-0.39, 0.29) is 16.9 Å². The van der Waals surface area contributed by atoms with Crippen LogP contribution in [0.2, 0.25) is 0 Å². The molecule has 116 valence electrons. The molecule has 1 aromatic heterocycles. The molecule has 2 heterocycles. The number of carbonyl (C=O) groups is 2. The lowest BCUT2D eigenvalue weighted by Crippen LogP contribution is -2.24. The first-order chi connectivity index (χ1) is 11.0. The standard InChI is InChI=1S/C16H13N3O4/c1-3-8-6-9(23-2)4-5-11(8)19-12(20)7-10-13(14(19)17)16(22)18-15(10)21/h3-7H,1,17H2,2H3,(H,18,21,22). The fourth-order valence-corrected chi connectivity index (χ4v) is 2.55. The van der Waals surface area contributed by atoms with Crippen LogP contribution in [0, 0.1) is 0 Å². The Morgan fingerprint density at radius 2 is 1.96 bits per heavy atom. The number of imide groups is 1. The van der Waals surface area contributed by atoms with Crippen molar-refractivity contribution in [1.29, 1.82) is 0 Å². The van der Waals surface area contributed by atoms with Gasteiger partial charge < -0.3 is 10.5 Å². The summed E-state index contributed by atoms with van der Waals surface area (Å²) in [6, 6.07) is 6.08. The summed E-state index contributed by atoms with van der Waals surface area (Å²) in [6.45, 7) is 3.71. The number of aromatic nitrogens is 1. The lowest BCUT2D eigenvalue weighted by atomic mass is 10.1. The van der Waals surface area contributed by atoms with Gasteiger partial charge in [-0.25, -0.2) is 0 Å². The van der Waals surface area contributed by atoms with E-state index in [0.29, 0.717) is 17.0 Å².